The van der Waals surface area contributed by atoms with E-state index in [0.717, 1.165) is 11.0 Å². The Hall–Kier alpha value is -2.97. The van der Waals surface area contributed by atoms with Crippen molar-refractivity contribution in [3.8, 4) is 11.5 Å². The monoisotopic (exact) mass is 289 g/mol. The molecule has 2 aromatic heterocycles. The van der Waals surface area contributed by atoms with Crippen LogP contribution >= 0.6 is 0 Å². The maximum atomic E-state index is 10.8. The van der Waals surface area contributed by atoms with Crippen LogP contribution in [0.1, 0.15) is 6.92 Å². The van der Waals surface area contributed by atoms with Crippen LogP contribution < -0.4 is 14.8 Å². The van der Waals surface area contributed by atoms with Gasteiger partial charge < -0.3 is 19.9 Å². The Bertz CT molecular complexity index is 867. The number of aromatic nitrogens is 4. The number of carboxylic acids is 1. The first kappa shape index (κ1) is 11.8. The van der Waals surface area contributed by atoms with Gasteiger partial charge in [-0.15, -0.1) is 0 Å². The third-order valence-electron chi connectivity index (χ3n) is 3.28. The summed E-state index contributed by atoms with van der Waals surface area (Å²) >= 11 is 0. The van der Waals surface area contributed by atoms with E-state index in [9.17, 15) is 4.79 Å². The highest BCUT2D eigenvalue weighted by Crippen LogP contribution is 2.35. The standard InChI is InChI=1S/C12H11N5O4/c1-5(10(18)19)13-11-15-12-14-6-2-8-9(21-4-20-8)3-7(6)17(12)16-11/h2-3,5H,4H2,1H3,(H,18,19)(H2,13,14,15,16). The molecule has 0 radical (unpaired) electrons. The Morgan fingerprint density at radius 2 is 2.19 bits per heavy atom. The maximum absolute atomic E-state index is 10.8. The van der Waals surface area contributed by atoms with Gasteiger partial charge in [-0.25, -0.2) is 9.50 Å². The van der Waals surface area contributed by atoms with E-state index < -0.39 is 12.0 Å². The summed E-state index contributed by atoms with van der Waals surface area (Å²) in [5.41, 5.74) is 1.49. The van der Waals surface area contributed by atoms with Crippen molar-refractivity contribution in [1.82, 2.24) is 19.6 Å². The van der Waals surface area contributed by atoms with Gasteiger partial charge in [0.2, 0.25) is 12.7 Å². The van der Waals surface area contributed by atoms with Gasteiger partial charge in [-0.2, -0.15) is 4.98 Å². The Morgan fingerprint density at radius 1 is 1.43 bits per heavy atom. The second-order valence-electron chi connectivity index (χ2n) is 4.72. The summed E-state index contributed by atoms with van der Waals surface area (Å²) in [6.07, 6.45) is 0. The molecule has 1 aromatic carbocycles. The highest BCUT2D eigenvalue weighted by atomic mass is 16.7. The maximum Gasteiger partial charge on any atom is 0.325 e. The predicted molar refractivity (Wildman–Crippen MR) is 71.7 cm³/mol. The van der Waals surface area contributed by atoms with E-state index >= 15 is 0 Å². The summed E-state index contributed by atoms with van der Waals surface area (Å²) in [7, 11) is 0. The number of benzene rings is 1. The molecule has 1 unspecified atom stereocenters. The molecule has 0 bridgehead atoms. The molecule has 3 heterocycles. The number of nitrogens with one attached hydrogen (secondary N) is 2. The van der Waals surface area contributed by atoms with Gasteiger partial charge in [-0.3, -0.25) is 9.89 Å². The first-order chi connectivity index (χ1) is 10.1. The number of carboxylic acid groups (broad SMARTS) is 1. The Labute approximate surface area is 117 Å². The second-order valence-corrected chi connectivity index (χ2v) is 4.72. The SMILES string of the molecule is CC(Nc1nc2nc3cc4c(cc3n2[nH]1)OCO4)C(=O)O. The topological polar surface area (TPSA) is 114 Å². The van der Waals surface area contributed by atoms with Crippen LogP contribution in [0, 0.1) is 0 Å². The molecule has 0 aliphatic carbocycles. The number of H-pyrrole nitrogens is 1. The Morgan fingerprint density at radius 3 is 2.95 bits per heavy atom. The fraction of sp³-hybridized carbons (Fsp3) is 0.250. The van der Waals surface area contributed by atoms with Gasteiger partial charge in [0.25, 0.3) is 5.78 Å². The number of fused-ring (bicyclic) bond motifs is 4. The summed E-state index contributed by atoms with van der Waals surface area (Å²) in [5.74, 6) is 1.12. The average molecular weight is 289 g/mol. The van der Waals surface area contributed by atoms with Gasteiger partial charge in [-0.1, -0.05) is 0 Å². The average Bonchev–Trinajstić information content (AvgIpc) is 3.09. The molecule has 0 saturated carbocycles. The lowest BCUT2D eigenvalue weighted by molar-refractivity contribution is -0.137. The fourth-order valence-corrected chi connectivity index (χ4v) is 2.20. The highest BCUT2D eigenvalue weighted by molar-refractivity contribution is 5.83. The second kappa shape index (κ2) is 4.01. The predicted octanol–water partition coefficient (Wildman–Crippen LogP) is 0.824. The van der Waals surface area contributed by atoms with E-state index in [0.29, 0.717) is 23.2 Å². The van der Waals surface area contributed by atoms with Gasteiger partial charge in [0.05, 0.1) is 11.0 Å². The molecular formula is C12H11N5O4. The van der Waals surface area contributed by atoms with Crippen LogP contribution in [0.3, 0.4) is 0 Å². The minimum atomic E-state index is -0.961. The molecular weight excluding hydrogens is 278 g/mol. The van der Waals surface area contributed by atoms with E-state index in [1.165, 1.54) is 6.92 Å². The molecule has 1 aliphatic rings. The van der Waals surface area contributed by atoms with Crippen molar-refractivity contribution in [2.24, 2.45) is 0 Å². The van der Waals surface area contributed by atoms with Crippen molar-refractivity contribution in [3.05, 3.63) is 12.1 Å². The van der Waals surface area contributed by atoms with Gasteiger partial charge in [0.15, 0.2) is 11.5 Å². The number of imidazole rings is 1. The Kier molecular flexibility index (Phi) is 2.26. The van der Waals surface area contributed by atoms with Crippen LogP contribution in [-0.4, -0.2) is 43.5 Å². The lowest BCUT2D eigenvalue weighted by Crippen LogP contribution is -2.26. The molecule has 21 heavy (non-hydrogen) atoms. The largest absolute Gasteiger partial charge is 0.480 e. The van der Waals surface area contributed by atoms with Crippen LogP contribution in [0.25, 0.3) is 16.8 Å². The van der Waals surface area contributed by atoms with Crippen LogP contribution in [0.4, 0.5) is 5.95 Å². The number of hydrogen-bond donors (Lipinski definition) is 3. The van der Waals surface area contributed by atoms with Crippen LogP contribution in [-0.2, 0) is 4.79 Å². The molecule has 0 fully saturated rings. The third kappa shape index (κ3) is 1.74. The molecule has 4 rings (SSSR count). The van der Waals surface area contributed by atoms with E-state index in [1.807, 2.05) is 0 Å². The highest BCUT2D eigenvalue weighted by Gasteiger charge is 2.19. The quantitative estimate of drug-likeness (QED) is 0.654. The number of hydrogen-bond acceptors (Lipinski definition) is 6. The lowest BCUT2D eigenvalue weighted by atomic mass is 10.3. The number of rotatable bonds is 3. The lowest BCUT2D eigenvalue weighted by Gasteiger charge is -2.06. The number of aromatic amines is 1. The molecule has 9 nitrogen and oxygen atoms in total. The molecule has 3 aromatic rings. The summed E-state index contributed by atoms with van der Waals surface area (Å²) in [6.45, 7) is 1.73. The van der Waals surface area contributed by atoms with Gasteiger partial charge in [-0.05, 0) is 6.92 Å². The number of anilines is 1. The summed E-state index contributed by atoms with van der Waals surface area (Å²) in [6, 6.07) is 2.83. The number of nitrogens with zero attached hydrogens (tertiary/aromatic N) is 3. The normalized spacial score (nSPS) is 14.7. The summed E-state index contributed by atoms with van der Waals surface area (Å²) in [5, 5.41) is 14.6. The van der Waals surface area contributed by atoms with Gasteiger partial charge in [0, 0.05) is 12.1 Å². The third-order valence-corrected chi connectivity index (χ3v) is 3.28. The number of carbonyl (C=O) groups is 1. The zero-order valence-corrected chi connectivity index (χ0v) is 11.0. The van der Waals surface area contributed by atoms with Crippen molar-refractivity contribution in [2.45, 2.75) is 13.0 Å². The van der Waals surface area contributed by atoms with Crippen LogP contribution in [0.15, 0.2) is 12.1 Å². The van der Waals surface area contributed by atoms with Crippen molar-refractivity contribution in [1.29, 1.82) is 0 Å². The smallest absolute Gasteiger partial charge is 0.325 e. The molecule has 1 aliphatic heterocycles. The number of aliphatic carboxylic acids is 1. The molecule has 108 valence electrons. The molecule has 0 saturated heterocycles. The first-order valence-corrected chi connectivity index (χ1v) is 6.29. The van der Waals surface area contributed by atoms with E-state index in [-0.39, 0.29) is 6.79 Å². The molecule has 0 amide bonds. The van der Waals surface area contributed by atoms with E-state index in [4.69, 9.17) is 14.6 Å². The van der Waals surface area contributed by atoms with E-state index in [2.05, 4.69) is 20.4 Å². The summed E-state index contributed by atoms with van der Waals surface area (Å²) in [4.78, 5) is 19.4. The van der Waals surface area contributed by atoms with Crippen LogP contribution in [0.5, 0.6) is 11.5 Å². The van der Waals surface area contributed by atoms with Crippen molar-refractivity contribution < 1.29 is 19.4 Å². The molecule has 3 N–H and O–H groups in total. The van der Waals surface area contributed by atoms with Gasteiger partial charge >= 0.3 is 5.97 Å². The Balaban J connectivity index is 1.80. The van der Waals surface area contributed by atoms with E-state index in [1.54, 1.807) is 16.6 Å². The minimum Gasteiger partial charge on any atom is -0.480 e. The van der Waals surface area contributed by atoms with Crippen molar-refractivity contribution in [2.75, 3.05) is 12.1 Å². The fourth-order valence-electron chi connectivity index (χ4n) is 2.20. The van der Waals surface area contributed by atoms with Crippen molar-refractivity contribution >= 4 is 28.7 Å². The molecule has 1 atom stereocenters. The minimum absolute atomic E-state index is 0.196. The molecule has 9 heteroatoms. The zero-order chi connectivity index (χ0) is 14.6. The summed E-state index contributed by atoms with van der Waals surface area (Å²) < 4.78 is 12.3. The van der Waals surface area contributed by atoms with Crippen molar-refractivity contribution in [3.63, 3.8) is 0 Å². The zero-order valence-electron chi connectivity index (χ0n) is 11.0. The van der Waals surface area contributed by atoms with Gasteiger partial charge in [0.1, 0.15) is 6.04 Å². The number of ether oxygens (including phenoxy) is 2. The molecule has 0 spiro atoms. The first-order valence-electron chi connectivity index (χ1n) is 6.29. The van der Waals surface area contributed by atoms with Crippen LogP contribution in [0.2, 0.25) is 0 Å².